The first kappa shape index (κ1) is 14.7. The van der Waals surface area contributed by atoms with Crippen molar-refractivity contribution in [1.82, 2.24) is 10.6 Å². The van der Waals surface area contributed by atoms with Gasteiger partial charge in [0.1, 0.15) is 6.04 Å². The first-order chi connectivity index (χ1) is 7.38. The Morgan fingerprint density at radius 2 is 1.81 bits per heavy atom. The van der Waals surface area contributed by atoms with Crippen molar-refractivity contribution in [2.24, 2.45) is 11.8 Å². The van der Waals surface area contributed by atoms with E-state index in [1.807, 2.05) is 27.7 Å². The van der Waals surface area contributed by atoms with Crippen molar-refractivity contribution in [3.63, 3.8) is 0 Å². The van der Waals surface area contributed by atoms with Gasteiger partial charge in [-0.2, -0.15) is 0 Å². The second kappa shape index (κ2) is 7.09. The van der Waals surface area contributed by atoms with E-state index in [2.05, 4.69) is 10.6 Å². The van der Waals surface area contributed by atoms with Crippen molar-refractivity contribution < 1.29 is 14.7 Å². The summed E-state index contributed by atoms with van der Waals surface area (Å²) < 4.78 is 0. The van der Waals surface area contributed by atoms with E-state index in [1.54, 1.807) is 0 Å². The van der Waals surface area contributed by atoms with Crippen LogP contribution in [0.25, 0.3) is 0 Å². The number of hydrogen-bond acceptors (Lipinski definition) is 2. The van der Waals surface area contributed by atoms with Crippen LogP contribution in [0.2, 0.25) is 0 Å². The van der Waals surface area contributed by atoms with Crippen LogP contribution in [0, 0.1) is 11.8 Å². The molecule has 0 saturated carbocycles. The maximum Gasteiger partial charge on any atom is 0.326 e. The van der Waals surface area contributed by atoms with E-state index < -0.39 is 18.0 Å². The molecule has 0 aliphatic carbocycles. The molecule has 16 heavy (non-hydrogen) atoms. The van der Waals surface area contributed by atoms with E-state index in [4.69, 9.17) is 5.11 Å². The van der Waals surface area contributed by atoms with Gasteiger partial charge in [0.25, 0.3) is 0 Å². The van der Waals surface area contributed by atoms with Gasteiger partial charge in [0, 0.05) is 6.54 Å². The van der Waals surface area contributed by atoms with Crippen molar-refractivity contribution in [2.75, 3.05) is 6.54 Å². The summed E-state index contributed by atoms with van der Waals surface area (Å²) in [6, 6.07) is -1.24. The normalized spacial score (nSPS) is 14.3. The molecule has 2 amide bonds. The molecule has 0 saturated heterocycles. The molecule has 0 bridgehead atoms. The number of carboxylic acid groups (broad SMARTS) is 1. The van der Waals surface area contributed by atoms with Gasteiger partial charge in [0.2, 0.25) is 0 Å². The minimum absolute atomic E-state index is 0.0812. The Labute approximate surface area is 96.6 Å². The quantitative estimate of drug-likeness (QED) is 0.646. The minimum Gasteiger partial charge on any atom is -0.480 e. The van der Waals surface area contributed by atoms with Gasteiger partial charge >= 0.3 is 12.0 Å². The summed E-state index contributed by atoms with van der Waals surface area (Å²) in [6.07, 6.45) is 0.710. The molecule has 0 aromatic rings. The molecule has 0 radical (unpaired) electrons. The van der Waals surface area contributed by atoms with Crippen LogP contribution in [0.3, 0.4) is 0 Å². The maximum atomic E-state index is 11.4. The minimum atomic E-state index is -0.992. The number of carbonyl (C=O) groups excluding carboxylic acids is 1. The van der Waals surface area contributed by atoms with Gasteiger partial charge in [0.05, 0.1) is 0 Å². The van der Waals surface area contributed by atoms with Crippen LogP contribution in [-0.4, -0.2) is 29.7 Å². The molecular weight excluding hydrogens is 208 g/mol. The second-order valence-corrected chi connectivity index (χ2v) is 4.45. The van der Waals surface area contributed by atoms with Gasteiger partial charge in [-0.1, -0.05) is 34.1 Å². The lowest BCUT2D eigenvalue weighted by Gasteiger charge is -2.20. The van der Waals surface area contributed by atoms with Crippen LogP contribution in [0.5, 0.6) is 0 Å². The van der Waals surface area contributed by atoms with Gasteiger partial charge < -0.3 is 15.7 Å². The molecular formula is C11H22N2O3. The summed E-state index contributed by atoms with van der Waals surface area (Å²) in [5, 5.41) is 14.1. The van der Waals surface area contributed by atoms with Crippen LogP contribution >= 0.6 is 0 Å². The van der Waals surface area contributed by atoms with E-state index in [1.165, 1.54) is 0 Å². The average molecular weight is 230 g/mol. The number of urea groups is 1. The number of rotatable bonds is 6. The van der Waals surface area contributed by atoms with Crippen LogP contribution in [0.1, 0.15) is 34.1 Å². The highest BCUT2D eigenvalue weighted by Crippen LogP contribution is 2.07. The van der Waals surface area contributed by atoms with Crippen molar-refractivity contribution in [1.29, 1.82) is 0 Å². The Hall–Kier alpha value is -1.26. The SMILES string of the molecule is CCC(C)C(NC(=O)NCC(C)C)C(=O)O. The third-order valence-electron chi connectivity index (χ3n) is 2.44. The van der Waals surface area contributed by atoms with Crippen molar-refractivity contribution >= 4 is 12.0 Å². The smallest absolute Gasteiger partial charge is 0.326 e. The predicted molar refractivity (Wildman–Crippen MR) is 62.3 cm³/mol. The first-order valence-corrected chi connectivity index (χ1v) is 5.65. The zero-order valence-electron chi connectivity index (χ0n) is 10.4. The molecule has 94 valence electrons. The fraction of sp³-hybridized carbons (Fsp3) is 0.818. The molecule has 3 N–H and O–H groups in total. The molecule has 0 fully saturated rings. The highest BCUT2D eigenvalue weighted by atomic mass is 16.4. The van der Waals surface area contributed by atoms with E-state index in [9.17, 15) is 9.59 Å². The lowest BCUT2D eigenvalue weighted by molar-refractivity contribution is -0.140. The predicted octanol–water partition coefficient (Wildman–Crippen LogP) is 1.44. The van der Waals surface area contributed by atoms with E-state index in [0.717, 1.165) is 0 Å². The molecule has 0 rings (SSSR count). The molecule has 5 nitrogen and oxygen atoms in total. The Morgan fingerprint density at radius 1 is 1.25 bits per heavy atom. The summed E-state index contributed by atoms with van der Waals surface area (Å²) in [5.74, 6) is -0.728. The Morgan fingerprint density at radius 3 is 2.19 bits per heavy atom. The summed E-state index contributed by atoms with van der Waals surface area (Å²) >= 11 is 0. The fourth-order valence-electron chi connectivity index (χ4n) is 1.17. The summed E-state index contributed by atoms with van der Waals surface area (Å²) in [6.45, 7) is 8.20. The third kappa shape index (κ3) is 5.58. The highest BCUT2D eigenvalue weighted by Gasteiger charge is 2.24. The molecule has 0 aliphatic rings. The summed E-state index contributed by atoms with van der Waals surface area (Å²) in [7, 11) is 0. The number of nitrogens with one attached hydrogen (secondary N) is 2. The second-order valence-electron chi connectivity index (χ2n) is 4.45. The van der Waals surface area contributed by atoms with Gasteiger partial charge in [-0.3, -0.25) is 0 Å². The number of hydrogen-bond donors (Lipinski definition) is 3. The summed E-state index contributed by atoms with van der Waals surface area (Å²) in [5.41, 5.74) is 0. The first-order valence-electron chi connectivity index (χ1n) is 5.65. The molecule has 2 unspecified atom stereocenters. The monoisotopic (exact) mass is 230 g/mol. The zero-order valence-corrected chi connectivity index (χ0v) is 10.4. The topological polar surface area (TPSA) is 78.4 Å². The van der Waals surface area contributed by atoms with Crippen LogP contribution in [-0.2, 0) is 4.79 Å². The number of carboxylic acids is 1. The van der Waals surface area contributed by atoms with Crippen molar-refractivity contribution in [3.05, 3.63) is 0 Å². The van der Waals surface area contributed by atoms with E-state index in [-0.39, 0.29) is 5.92 Å². The van der Waals surface area contributed by atoms with Crippen molar-refractivity contribution in [3.8, 4) is 0 Å². The number of aliphatic carboxylic acids is 1. The molecule has 0 aromatic heterocycles. The molecule has 0 heterocycles. The van der Waals surface area contributed by atoms with Crippen molar-refractivity contribution in [2.45, 2.75) is 40.2 Å². The van der Waals surface area contributed by atoms with Gasteiger partial charge in [-0.05, 0) is 11.8 Å². The van der Waals surface area contributed by atoms with Gasteiger partial charge in [-0.25, -0.2) is 9.59 Å². The zero-order chi connectivity index (χ0) is 12.7. The van der Waals surface area contributed by atoms with E-state index in [0.29, 0.717) is 18.9 Å². The van der Waals surface area contributed by atoms with E-state index >= 15 is 0 Å². The summed E-state index contributed by atoms with van der Waals surface area (Å²) in [4.78, 5) is 22.3. The van der Waals surface area contributed by atoms with Gasteiger partial charge in [-0.15, -0.1) is 0 Å². The van der Waals surface area contributed by atoms with Crippen LogP contribution in [0.4, 0.5) is 4.79 Å². The average Bonchev–Trinajstić information content (AvgIpc) is 2.21. The third-order valence-corrected chi connectivity index (χ3v) is 2.44. The Bertz CT molecular complexity index is 241. The van der Waals surface area contributed by atoms with Crippen LogP contribution < -0.4 is 10.6 Å². The Balaban J connectivity index is 4.19. The molecule has 0 aromatic carbocycles. The lowest BCUT2D eigenvalue weighted by atomic mass is 9.99. The number of amides is 2. The standard InChI is InChI=1S/C11H22N2O3/c1-5-8(4)9(10(14)15)13-11(16)12-6-7(2)3/h7-9H,5-6H2,1-4H3,(H,14,15)(H2,12,13,16). The molecule has 2 atom stereocenters. The largest absolute Gasteiger partial charge is 0.480 e. The maximum absolute atomic E-state index is 11.4. The lowest BCUT2D eigenvalue weighted by Crippen LogP contribution is -2.49. The van der Waals surface area contributed by atoms with Crippen LogP contribution in [0.15, 0.2) is 0 Å². The highest BCUT2D eigenvalue weighted by molar-refractivity contribution is 5.82. The number of carbonyl (C=O) groups is 2. The Kier molecular flexibility index (Phi) is 6.53. The molecule has 5 heteroatoms. The fourth-order valence-corrected chi connectivity index (χ4v) is 1.17. The van der Waals surface area contributed by atoms with Gasteiger partial charge in [0.15, 0.2) is 0 Å². The molecule has 0 aliphatic heterocycles. The molecule has 0 spiro atoms.